The Kier molecular flexibility index (Phi) is 3.85. The molecule has 0 aliphatic carbocycles. The molecular formula is C19H25N3O2. The lowest BCUT2D eigenvalue weighted by Gasteiger charge is -2.21. The molecule has 3 heterocycles. The highest BCUT2D eigenvalue weighted by Gasteiger charge is 2.33. The fraction of sp³-hybridized carbons (Fsp3) is 0.526. The Balaban J connectivity index is 1.48. The van der Waals surface area contributed by atoms with Crippen LogP contribution >= 0.6 is 0 Å². The first-order chi connectivity index (χ1) is 11.5. The van der Waals surface area contributed by atoms with Gasteiger partial charge in [0.15, 0.2) is 0 Å². The molecule has 1 saturated heterocycles. The van der Waals surface area contributed by atoms with Gasteiger partial charge in [0.2, 0.25) is 0 Å². The number of nitrogens with one attached hydrogen (secondary N) is 1. The second-order valence-corrected chi connectivity index (χ2v) is 7.39. The van der Waals surface area contributed by atoms with Crippen LogP contribution in [0.5, 0.6) is 5.75 Å². The lowest BCUT2D eigenvalue weighted by atomic mass is 10.0. The molecule has 5 heteroatoms. The molecule has 0 saturated carbocycles. The molecule has 2 aliphatic rings. The van der Waals surface area contributed by atoms with Crippen LogP contribution in [0.15, 0.2) is 30.5 Å². The molecule has 0 amide bonds. The lowest BCUT2D eigenvalue weighted by Crippen LogP contribution is -2.32. The third-order valence-corrected chi connectivity index (χ3v) is 4.97. The summed E-state index contributed by atoms with van der Waals surface area (Å²) in [7, 11) is 1.97. The van der Waals surface area contributed by atoms with Crippen molar-refractivity contribution in [2.24, 2.45) is 7.05 Å². The Bertz CT molecular complexity index is 738. The van der Waals surface area contributed by atoms with Crippen molar-refractivity contribution in [2.45, 2.75) is 51.0 Å². The van der Waals surface area contributed by atoms with Crippen LogP contribution in [-0.4, -0.2) is 28.0 Å². The largest absolute Gasteiger partial charge is 0.487 e. The number of benzene rings is 1. The zero-order chi connectivity index (χ0) is 16.7. The van der Waals surface area contributed by atoms with E-state index < -0.39 is 0 Å². The van der Waals surface area contributed by atoms with Gasteiger partial charge in [-0.25, -0.2) is 0 Å². The molecule has 0 spiro atoms. The van der Waals surface area contributed by atoms with Crippen LogP contribution in [0.4, 0.5) is 0 Å². The average molecular weight is 327 g/mol. The predicted octanol–water partition coefficient (Wildman–Crippen LogP) is 2.75. The molecule has 1 fully saturated rings. The van der Waals surface area contributed by atoms with Gasteiger partial charge in [0.05, 0.1) is 5.69 Å². The van der Waals surface area contributed by atoms with Gasteiger partial charge >= 0.3 is 0 Å². The average Bonchev–Trinajstić information content (AvgIpc) is 3.21. The van der Waals surface area contributed by atoms with Crippen molar-refractivity contribution in [3.63, 3.8) is 0 Å². The van der Waals surface area contributed by atoms with Crippen LogP contribution in [0.3, 0.4) is 0 Å². The third-order valence-electron chi connectivity index (χ3n) is 4.97. The second-order valence-electron chi connectivity index (χ2n) is 7.39. The highest BCUT2D eigenvalue weighted by atomic mass is 16.5. The van der Waals surface area contributed by atoms with E-state index in [9.17, 15) is 0 Å². The molecule has 4 rings (SSSR count). The van der Waals surface area contributed by atoms with E-state index in [1.54, 1.807) is 0 Å². The molecule has 1 N–H and O–H groups in total. The Morgan fingerprint density at radius 2 is 2.21 bits per heavy atom. The molecule has 128 valence electrons. The lowest BCUT2D eigenvalue weighted by molar-refractivity contribution is 0.0917. The number of hydrogen-bond donors (Lipinski definition) is 1. The van der Waals surface area contributed by atoms with E-state index >= 15 is 0 Å². The zero-order valence-corrected chi connectivity index (χ0v) is 14.6. The van der Waals surface area contributed by atoms with Gasteiger partial charge in [0, 0.05) is 44.4 Å². The SMILES string of the molecule is Cn1nccc1[C@H]1OCC[C@@H]1NCc1cccc2c1OC(C)(C)C2. The topological polar surface area (TPSA) is 48.3 Å². The van der Waals surface area contributed by atoms with Gasteiger partial charge in [0.1, 0.15) is 17.5 Å². The van der Waals surface area contributed by atoms with Crippen molar-refractivity contribution in [1.29, 1.82) is 0 Å². The summed E-state index contributed by atoms with van der Waals surface area (Å²) in [4.78, 5) is 0. The maximum absolute atomic E-state index is 6.17. The van der Waals surface area contributed by atoms with Crippen LogP contribution in [-0.2, 0) is 24.8 Å². The quantitative estimate of drug-likeness (QED) is 0.938. The molecule has 0 radical (unpaired) electrons. The van der Waals surface area contributed by atoms with Crippen LogP contribution < -0.4 is 10.1 Å². The van der Waals surface area contributed by atoms with Crippen molar-refractivity contribution in [1.82, 2.24) is 15.1 Å². The number of nitrogens with zero attached hydrogens (tertiary/aromatic N) is 2. The highest BCUT2D eigenvalue weighted by molar-refractivity contribution is 5.45. The van der Waals surface area contributed by atoms with Crippen LogP contribution in [0.2, 0.25) is 0 Å². The summed E-state index contributed by atoms with van der Waals surface area (Å²) in [5.74, 6) is 1.06. The summed E-state index contributed by atoms with van der Waals surface area (Å²) >= 11 is 0. The highest BCUT2D eigenvalue weighted by Crippen LogP contribution is 2.38. The zero-order valence-electron chi connectivity index (χ0n) is 14.6. The summed E-state index contributed by atoms with van der Waals surface area (Å²) < 4.78 is 14.0. The van der Waals surface area contributed by atoms with Gasteiger partial charge in [-0.15, -0.1) is 0 Å². The van der Waals surface area contributed by atoms with Gasteiger partial charge in [-0.3, -0.25) is 4.68 Å². The summed E-state index contributed by atoms with van der Waals surface area (Å²) in [6.45, 7) is 5.87. The first-order valence-corrected chi connectivity index (χ1v) is 8.66. The van der Waals surface area contributed by atoms with Gasteiger partial charge in [-0.1, -0.05) is 18.2 Å². The maximum Gasteiger partial charge on any atom is 0.127 e. The minimum atomic E-state index is -0.105. The summed E-state index contributed by atoms with van der Waals surface area (Å²) in [5.41, 5.74) is 3.56. The molecule has 0 bridgehead atoms. The van der Waals surface area contributed by atoms with Gasteiger partial charge in [-0.05, 0) is 31.9 Å². The van der Waals surface area contributed by atoms with Gasteiger partial charge < -0.3 is 14.8 Å². The number of para-hydroxylation sites is 1. The van der Waals surface area contributed by atoms with Crippen molar-refractivity contribution in [2.75, 3.05) is 6.61 Å². The second kappa shape index (κ2) is 5.90. The summed E-state index contributed by atoms with van der Waals surface area (Å²) in [5, 5.41) is 7.94. The van der Waals surface area contributed by atoms with Crippen LogP contribution in [0.1, 0.15) is 43.2 Å². The van der Waals surface area contributed by atoms with E-state index in [0.717, 1.165) is 37.4 Å². The predicted molar refractivity (Wildman–Crippen MR) is 92.0 cm³/mol. The van der Waals surface area contributed by atoms with Gasteiger partial charge in [-0.2, -0.15) is 5.10 Å². The monoisotopic (exact) mass is 327 g/mol. The molecule has 0 unspecified atom stereocenters. The maximum atomic E-state index is 6.17. The first-order valence-electron chi connectivity index (χ1n) is 8.66. The molecule has 24 heavy (non-hydrogen) atoms. The molecule has 2 atom stereocenters. The number of aromatic nitrogens is 2. The van der Waals surface area contributed by atoms with E-state index in [4.69, 9.17) is 9.47 Å². The van der Waals surface area contributed by atoms with Crippen LogP contribution in [0, 0.1) is 0 Å². The Labute approximate surface area is 143 Å². The molecule has 1 aromatic heterocycles. The van der Waals surface area contributed by atoms with E-state index in [2.05, 4.69) is 42.5 Å². The molecule has 2 aliphatic heterocycles. The minimum Gasteiger partial charge on any atom is -0.487 e. The fourth-order valence-corrected chi connectivity index (χ4v) is 3.81. The number of ether oxygens (including phenoxy) is 2. The molecule has 2 aromatic rings. The van der Waals surface area contributed by atoms with E-state index in [0.29, 0.717) is 6.04 Å². The Hall–Kier alpha value is -1.85. The van der Waals surface area contributed by atoms with Crippen molar-refractivity contribution >= 4 is 0 Å². The number of aryl methyl sites for hydroxylation is 1. The summed E-state index contributed by atoms with van der Waals surface area (Å²) in [6, 6.07) is 8.79. The number of rotatable bonds is 4. The minimum absolute atomic E-state index is 0.0617. The Morgan fingerprint density at radius 1 is 1.33 bits per heavy atom. The molecule has 5 nitrogen and oxygen atoms in total. The summed E-state index contributed by atoms with van der Waals surface area (Å²) in [6.07, 6.45) is 3.87. The smallest absolute Gasteiger partial charge is 0.127 e. The van der Waals surface area contributed by atoms with E-state index in [-0.39, 0.29) is 11.7 Å². The van der Waals surface area contributed by atoms with E-state index in [1.807, 2.05) is 24.0 Å². The molecular weight excluding hydrogens is 302 g/mol. The fourth-order valence-electron chi connectivity index (χ4n) is 3.81. The standard InChI is InChI=1S/C19H25N3O2/c1-19(2)11-13-5-4-6-14(17(13)24-19)12-20-15-8-10-23-18(15)16-7-9-21-22(16)3/h4-7,9,15,18,20H,8,10-12H2,1-3H3/t15-,18-/m0/s1. The van der Waals surface area contributed by atoms with Crippen LogP contribution in [0.25, 0.3) is 0 Å². The molecule has 1 aromatic carbocycles. The number of fused-ring (bicyclic) bond motifs is 1. The van der Waals surface area contributed by atoms with Crippen molar-refractivity contribution in [3.8, 4) is 5.75 Å². The van der Waals surface area contributed by atoms with E-state index in [1.165, 1.54) is 11.1 Å². The first kappa shape index (κ1) is 15.7. The Morgan fingerprint density at radius 3 is 3.00 bits per heavy atom. The number of hydrogen-bond acceptors (Lipinski definition) is 4. The normalized spacial score (nSPS) is 24.8. The van der Waals surface area contributed by atoms with Crippen molar-refractivity contribution in [3.05, 3.63) is 47.3 Å². The van der Waals surface area contributed by atoms with Crippen molar-refractivity contribution < 1.29 is 9.47 Å². The third kappa shape index (κ3) is 2.82. The van der Waals surface area contributed by atoms with Gasteiger partial charge in [0.25, 0.3) is 0 Å².